The van der Waals surface area contributed by atoms with Gasteiger partial charge in [0.05, 0.1) is 18.3 Å². The number of amides is 1. The molecule has 0 unspecified atom stereocenters. The van der Waals surface area contributed by atoms with E-state index in [1.165, 1.54) is 0 Å². The number of Topliss-reactive ketones (excluding diaryl/α,β-unsaturated/α-hetero) is 1. The van der Waals surface area contributed by atoms with Gasteiger partial charge < -0.3 is 9.73 Å². The molecule has 132 valence electrons. The van der Waals surface area contributed by atoms with Crippen LogP contribution in [0.25, 0.3) is 0 Å². The number of furan rings is 1. The topological polar surface area (TPSA) is 77.1 Å². The van der Waals surface area contributed by atoms with Gasteiger partial charge in [0.15, 0.2) is 11.5 Å². The summed E-state index contributed by atoms with van der Waals surface area (Å²) >= 11 is 0. The van der Waals surface area contributed by atoms with Gasteiger partial charge in [-0.3, -0.25) is 9.59 Å². The molecular weight excluding hydrogens is 330 g/mol. The standard InChI is InChI=1S/C20H19N3O3/c1-13-18-15(24)8-5-9-16(18)26-19(13)20(25)22-17-10-11-21-23(17)12-14-6-3-2-4-7-14/h2-4,6-7,10-11H,5,8-9,12H2,1H3,(H,22,25). The first kappa shape index (κ1) is 16.3. The fraction of sp³-hybridized carbons (Fsp3) is 0.250. The molecular formula is C20H19N3O3. The molecule has 4 rings (SSSR count). The summed E-state index contributed by atoms with van der Waals surface area (Å²) in [5.74, 6) is 1.11. The zero-order valence-corrected chi connectivity index (χ0v) is 14.5. The molecule has 1 N–H and O–H groups in total. The van der Waals surface area contributed by atoms with E-state index < -0.39 is 0 Å². The van der Waals surface area contributed by atoms with E-state index in [9.17, 15) is 9.59 Å². The van der Waals surface area contributed by atoms with Gasteiger partial charge in [0.1, 0.15) is 11.6 Å². The van der Waals surface area contributed by atoms with E-state index in [1.54, 1.807) is 23.9 Å². The lowest BCUT2D eigenvalue weighted by Gasteiger charge is -2.08. The summed E-state index contributed by atoms with van der Waals surface area (Å²) in [6.45, 7) is 2.32. The van der Waals surface area contributed by atoms with Crippen LogP contribution < -0.4 is 5.32 Å². The maximum absolute atomic E-state index is 12.7. The number of aromatic nitrogens is 2. The Kier molecular flexibility index (Phi) is 4.16. The smallest absolute Gasteiger partial charge is 0.292 e. The number of anilines is 1. The van der Waals surface area contributed by atoms with Crippen molar-refractivity contribution in [2.75, 3.05) is 5.32 Å². The highest BCUT2D eigenvalue weighted by Gasteiger charge is 2.29. The Morgan fingerprint density at radius 2 is 2.04 bits per heavy atom. The second-order valence-corrected chi connectivity index (χ2v) is 6.44. The SMILES string of the molecule is Cc1c(C(=O)Nc2ccnn2Cc2ccccc2)oc2c1C(=O)CCC2. The Labute approximate surface area is 150 Å². The Balaban J connectivity index is 1.57. The van der Waals surface area contributed by atoms with Crippen molar-refractivity contribution < 1.29 is 14.0 Å². The highest BCUT2D eigenvalue weighted by molar-refractivity contribution is 6.07. The summed E-state index contributed by atoms with van der Waals surface area (Å²) in [5.41, 5.74) is 2.29. The predicted octanol–water partition coefficient (Wildman–Crippen LogP) is 3.60. The van der Waals surface area contributed by atoms with E-state index in [4.69, 9.17) is 4.42 Å². The summed E-state index contributed by atoms with van der Waals surface area (Å²) in [5, 5.41) is 7.12. The van der Waals surface area contributed by atoms with Crippen molar-refractivity contribution >= 4 is 17.5 Å². The number of aryl methyl sites for hydroxylation is 1. The quantitative estimate of drug-likeness (QED) is 0.781. The van der Waals surface area contributed by atoms with Crippen LogP contribution in [0.15, 0.2) is 47.0 Å². The molecule has 6 nitrogen and oxygen atoms in total. The number of nitrogens with one attached hydrogen (secondary N) is 1. The molecule has 0 bridgehead atoms. The van der Waals surface area contributed by atoms with Gasteiger partial charge in [0.2, 0.25) is 0 Å². The molecule has 0 fully saturated rings. The third kappa shape index (κ3) is 2.94. The van der Waals surface area contributed by atoms with Crippen LogP contribution in [0.4, 0.5) is 5.82 Å². The molecule has 0 atom stereocenters. The second kappa shape index (κ2) is 6.63. The first-order chi connectivity index (χ1) is 12.6. The van der Waals surface area contributed by atoms with Crippen LogP contribution in [0.3, 0.4) is 0 Å². The number of hydrogen-bond donors (Lipinski definition) is 1. The molecule has 0 saturated carbocycles. The van der Waals surface area contributed by atoms with Crippen LogP contribution in [-0.2, 0) is 13.0 Å². The summed E-state index contributed by atoms with van der Waals surface area (Å²) in [4.78, 5) is 24.8. The molecule has 1 aromatic carbocycles. The van der Waals surface area contributed by atoms with Crippen LogP contribution in [0.5, 0.6) is 0 Å². The van der Waals surface area contributed by atoms with Crippen molar-refractivity contribution in [2.24, 2.45) is 0 Å². The van der Waals surface area contributed by atoms with Crippen molar-refractivity contribution in [3.8, 4) is 0 Å². The largest absolute Gasteiger partial charge is 0.455 e. The van der Waals surface area contributed by atoms with Crippen molar-refractivity contribution in [1.82, 2.24) is 9.78 Å². The molecule has 1 aliphatic rings. The lowest BCUT2D eigenvalue weighted by Crippen LogP contribution is -2.16. The van der Waals surface area contributed by atoms with Crippen LogP contribution in [0.2, 0.25) is 0 Å². The normalized spacial score (nSPS) is 13.5. The number of carbonyl (C=O) groups is 2. The van der Waals surface area contributed by atoms with Crippen molar-refractivity contribution in [1.29, 1.82) is 0 Å². The number of ketones is 1. The average Bonchev–Trinajstić information content (AvgIpc) is 3.21. The summed E-state index contributed by atoms with van der Waals surface area (Å²) < 4.78 is 7.43. The van der Waals surface area contributed by atoms with Crippen molar-refractivity contribution in [3.63, 3.8) is 0 Å². The molecule has 0 aliphatic heterocycles. The van der Waals surface area contributed by atoms with Crippen LogP contribution in [0.1, 0.15) is 50.6 Å². The predicted molar refractivity (Wildman–Crippen MR) is 96.4 cm³/mol. The number of benzene rings is 1. The molecule has 1 amide bonds. The first-order valence-electron chi connectivity index (χ1n) is 8.66. The first-order valence-corrected chi connectivity index (χ1v) is 8.66. The number of fused-ring (bicyclic) bond motifs is 1. The summed E-state index contributed by atoms with van der Waals surface area (Å²) in [6, 6.07) is 11.6. The van der Waals surface area contributed by atoms with Crippen molar-refractivity contribution in [2.45, 2.75) is 32.7 Å². The highest BCUT2D eigenvalue weighted by atomic mass is 16.4. The monoisotopic (exact) mass is 349 g/mol. The number of nitrogens with zero attached hydrogens (tertiary/aromatic N) is 2. The number of rotatable bonds is 4. The Bertz CT molecular complexity index is 970. The van der Waals surface area contributed by atoms with Gasteiger partial charge in [0.25, 0.3) is 5.91 Å². The molecule has 3 aromatic rings. The third-order valence-electron chi connectivity index (χ3n) is 4.65. The number of hydrogen-bond acceptors (Lipinski definition) is 4. The van der Waals surface area contributed by atoms with E-state index in [0.29, 0.717) is 42.1 Å². The molecule has 26 heavy (non-hydrogen) atoms. The zero-order chi connectivity index (χ0) is 18.1. The van der Waals surface area contributed by atoms with E-state index in [0.717, 1.165) is 12.0 Å². The maximum atomic E-state index is 12.7. The minimum Gasteiger partial charge on any atom is -0.455 e. The van der Waals surface area contributed by atoms with Gasteiger partial charge >= 0.3 is 0 Å². The van der Waals surface area contributed by atoms with Gasteiger partial charge in [0, 0.05) is 24.5 Å². The van der Waals surface area contributed by atoms with Gasteiger partial charge in [-0.1, -0.05) is 30.3 Å². The molecule has 0 radical (unpaired) electrons. The van der Waals surface area contributed by atoms with Gasteiger partial charge in [-0.25, -0.2) is 4.68 Å². The minimum atomic E-state index is -0.362. The average molecular weight is 349 g/mol. The zero-order valence-electron chi connectivity index (χ0n) is 14.5. The van der Waals surface area contributed by atoms with E-state index in [2.05, 4.69) is 10.4 Å². The Hall–Kier alpha value is -3.15. The van der Waals surface area contributed by atoms with E-state index >= 15 is 0 Å². The second-order valence-electron chi connectivity index (χ2n) is 6.44. The lowest BCUT2D eigenvalue weighted by atomic mass is 9.94. The van der Waals surface area contributed by atoms with Crippen LogP contribution in [0, 0.1) is 6.92 Å². The molecule has 6 heteroatoms. The van der Waals surface area contributed by atoms with Crippen LogP contribution >= 0.6 is 0 Å². The lowest BCUT2D eigenvalue weighted by molar-refractivity contribution is 0.0963. The minimum absolute atomic E-state index is 0.0562. The molecule has 1 aliphatic carbocycles. The number of carbonyl (C=O) groups excluding carboxylic acids is 2. The van der Waals surface area contributed by atoms with Crippen LogP contribution in [-0.4, -0.2) is 21.5 Å². The van der Waals surface area contributed by atoms with Gasteiger partial charge in [-0.2, -0.15) is 5.10 Å². The maximum Gasteiger partial charge on any atom is 0.292 e. The third-order valence-corrected chi connectivity index (χ3v) is 4.65. The van der Waals surface area contributed by atoms with E-state index in [-0.39, 0.29) is 17.5 Å². The molecule has 2 aromatic heterocycles. The Morgan fingerprint density at radius 3 is 2.81 bits per heavy atom. The molecule has 0 saturated heterocycles. The van der Waals surface area contributed by atoms with Crippen molar-refractivity contribution in [3.05, 3.63) is 70.8 Å². The molecule has 0 spiro atoms. The fourth-order valence-corrected chi connectivity index (χ4v) is 3.36. The summed E-state index contributed by atoms with van der Waals surface area (Å²) in [6.07, 6.45) is 3.62. The molecule has 2 heterocycles. The summed E-state index contributed by atoms with van der Waals surface area (Å²) in [7, 11) is 0. The Morgan fingerprint density at radius 1 is 1.23 bits per heavy atom. The van der Waals surface area contributed by atoms with Gasteiger partial charge in [-0.05, 0) is 18.9 Å². The fourth-order valence-electron chi connectivity index (χ4n) is 3.36. The highest BCUT2D eigenvalue weighted by Crippen LogP contribution is 2.29. The van der Waals surface area contributed by atoms with Gasteiger partial charge in [-0.15, -0.1) is 0 Å². The van der Waals surface area contributed by atoms with E-state index in [1.807, 2.05) is 30.3 Å².